The second-order valence-corrected chi connectivity index (χ2v) is 5.31. The van der Waals surface area contributed by atoms with Gasteiger partial charge in [0.15, 0.2) is 0 Å². The lowest BCUT2D eigenvalue weighted by molar-refractivity contribution is 0.0378. The topological polar surface area (TPSA) is 54.4 Å². The maximum Gasteiger partial charge on any atom is 0.0898 e. The fourth-order valence-corrected chi connectivity index (χ4v) is 2.37. The normalized spacial score (nSPS) is 14.0. The summed E-state index contributed by atoms with van der Waals surface area (Å²) in [4.78, 5) is 5.42. The minimum Gasteiger partial charge on any atom is -0.389 e. The van der Waals surface area contributed by atoms with Crippen LogP contribution in [0.25, 0.3) is 0 Å². The second-order valence-electron chi connectivity index (χ2n) is 4.38. The monoisotopic (exact) mass is 282 g/mol. The van der Waals surface area contributed by atoms with Gasteiger partial charge in [-0.1, -0.05) is 12.8 Å². The largest absolute Gasteiger partial charge is 0.389 e. The number of aliphatic hydroxyl groups excluding tert-OH is 1. The van der Waals surface area contributed by atoms with Crippen LogP contribution in [0.5, 0.6) is 0 Å². The highest BCUT2D eigenvalue weighted by molar-refractivity contribution is 7.09. The molecule has 0 radical (unpaired) electrons. The summed E-state index contributed by atoms with van der Waals surface area (Å²) >= 11 is 1.64. The fourth-order valence-electron chi connectivity index (χ4n) is 1.61. The Labute approximate surface area is 119 Å². The lowest BCUT2D eigenvalue weighted by atomic mass is 10.2. The quantitative estimate of drug-likeness (QED) is 0.530. The molecular weight excluding hydrogens is 260 g/mol. The summed E-state index contributed by atoms with van der Waals surface area (Å²) in [5.41, 5.74) is 2.91. The summed E-state index contributed by atoms with van der Waals surface area (Å²) < 4.78 is 5.46. The number of rotatable bonds is 9. The van der Waals surface area contributed by atoms with Crippen LogP contribution in [-0.2, 0) is 11.2 Å². The number of terminal acetylenes is 1. The molecule has 0 aromatic carbocycles. The van der Waals surface area contributed by atoms with Gasteiger partial charge < -0.3 is 15.2 Å². The molecule has 0 saturated heterocycles. The van der Waals surface area contributed by atoms with Crippen LogP contribution >= 0.6 is 11.3 Å². The van der Waals surface area contributed by atoms with E-state index in [-0.39, 0.29) is 6.04 Å². The number of aryl methyl sites for hydroxylation is 1. The van der Waals surface area contributed by atoms with Gasteiger partial charge in [0.1, 0.15) is 0 Å². The first-order valence-corrected chi connectivity index (χ1v) is 7.39. The van der Waals surface area contributed by atoms with Crippen molar-refractivity contribution < 1.29 is 9.84 Å². The number of hydrogen-bond donors (Lipinski definition) is 2. The van der Waals surface area contributed by atoms with Crippen LogP contribution in [0, 0.1) is 19.3 Å². The van der Waals surface area contributed by atoms with Gasteiger partial charge in [0.25, 0.3) is 0 Å². The summed E-state index contributed by atoms with van der Waals surface area (Å²) in [6.07, 6.45) is 6.51. The minimum atomic E-state index is -0.523. The van der Waals surface area contributed by atoms with Crippen LogP contribution in [0.3, 0.4) is 0 Å². The molecule has 1 heterocycles. The summed E-state index contributed by atoms with van der Waals surface area (Å²) in [6, 6.07) is 0.0227. The van der Waals surface area contributed by atoms with Crippen molar-refractivity contribution in [1.82, 2.24) is 10.3 Å². The average Bonchev–Trinajstić information content (AvgIpc) is 2.81. The van der Waals surface area contributed by atoms with Crippen molar-refractivity contribution in [1.29, 1.82) is 0 Å². The van der Waals surface area contributed by atoms with E-state index in [9.17, 15) is 5.11 Å². The second kappa shape index (κ2) is 9.05. The van der Waals surface area contributed by atoms with E-state index in [1.54, 1.807) is 11.3 Å². The molecule has 2 unspecified atom stereocenters. The predicted octanol–water partition coefficient (Wildman–Crippen LogP) is 1.37. The van der Waals surface area contributed by atoms with Crippen molar-refractivity contribution in [3.63, 3.8) is 0 Å². The van der Waals surface area contributed by atoms with E-state index in [4.69, 9.17) is 11.2 Å². The minimum absolute atomic E-state index is 0.0227. The molecule has 0 aliphatic heterocycles. The molecule has 2 N–H and O–H groups in total. The molecule has 0 spiro atoms. The molecule has 0 saturated carbocycles. The van der Waals surface area contributed by atoms with Gasteiger partial charge in [0, 0.05) is 17.8 Å². The number of aliphatic hydroxyl groups is 1. The van der Waals surface area contributed by atoms with Crippen molar-refractivity contribution in [3.05, 3.63) is 16.1 Å². The van der Waals surface area contributed by atoms with Crippen LogP contribution in [0.2, 0.25) is 0 Å². The number of ether oxygens (including phenoxy) is 1. The summed E-state index contributed by atoms with van der Waals surface area (Å²) in [6.45, 7) is 5.40. The van der Waals surface area contributed by atoms with Crippen molar-refractivity contribution >= 4 is 11.3 Å². The number of hydrogen-bond acceptors (Lipinski definition) is 5. The van der Waals surface area contributed by atoms with E-state index < -0.39 is 6.10 Å². The Kier molecular flexibility index (Phi) is 7.68. The number of nitrogens with zero attached hydrogens (tertiary/aromatic N) is 1. The first kappa shape index (κ1) is 16.1. The SMILES string of the molecule is C#CC(CC)NCC(O)COCCc1scnc1C. The standard InChI is InChI=1S/C14H22N2O2S/c1-4-12(5-2)15-8-13(17)9-18-7-6-14-11(3)16-10-19-14/h1,10,12-13,15,17H,5-9H2,2-3H3. The molecule has 1 rings (SSSR count). The molecule has 1 aromatic rings. The summed E-state index contributed by atoms with van der Waals surface area (Å²) in [5, 5.41) is 12.8. The summed E-state index contributed by atoms with van der Waals surface area (Å²) in [5.74, 6) is 2.63. The molecule has 0 aliphatic rings. The number of nitrogens with one attached hydrogen (secondary N) is 1. The maximum absolute atomic E-state index is 9.74. The zero-order chi connectivity index (χ0) is 14.1. The summed E-state index contributed by atoms with van der Waals surface area (Å²) in [7, 11) is 0. The van der Waals surface area contributed by atoms with Gasteiger partial charge in [0.05, 0.1) is 36.6 Å². The predicted molar refractivity (Wildman–Crippen MR) is 78.3 cm³/mol. The van der Waals surface area contributed by atoms with Crippen LogP contribution in [0.15, 0.2) is 5.51 Å². The van der Waals surface area contributed by atoms with Crippen molar-refractivity contribution in [2.24, 2.45) is 0 Å². The highest BCUT2D eigenvalue weighted by Gasteiger charge is 2.08. The van der Waals surface area contributed by atoms with Crippen molar-refractivity contribution in [2.45, 2.75) is 38.8 Å². The first-order valence-electron chi connectivity index (χ1n) is 6.51. The fraction of sp³-hybridized carbons (Fsp3) is 0.643. The molecule has 0 fully saturated rings. The third kappa shape index (κ3) is 6.17. The molecule has 4 nitrogen and oxygen atoms in total. The van der Waals surface area contributed by atoms with Crippen LogP contribution in [0.1, 0.15) is 23.9 Å². The lowest BCUT2D eigenvalue weighted by Crippen LogP contribution is -2.36. The molecule has 1 aromatic heterocycles. The Morgan fingerprint density at radius 2 is 2.42 bits per heavy atom. The molecule has 106 valence electrons. The maximum atomic E-state index is 9.74. The van der Waals surface area contributed by atoms with Gasteiger partial charge >= 0.3 is 0 Å². The Hall–Kier alpha value is -0.930. The zero-order valence-corrected chi connectivity index (χ0v) is 12.4. The van der Waals surface area contributed by atoms with E-state index in [1.807, 2.05) is 19.4 Å². The van der Waals surface area contributed by atoms with Gasteiger partial charge in [-0.15, -0.1) is 17.8 Å². The van der Waals surface area contributed by atoms with Gasteiger partial charge in [-0.3, -0.25) is 0 Å². The Bertz CT molecular complexity index is 400. The third-order valence-corrected chi connectivity index (χ3v) is 3.83. The smallest absolute Gasteiger partial charge is 0.0898 e. The van der Waals surface area contributed by atoms with Gasteiger partial charge in [-0.25, -0.2) is 4.98 Å². The van der Waals surface area contributed by atoms with E-state index in [0.29, 0.717) is 19.8 Å². The Morgan fingerprint density at radius 3 is 3.00 bits per heavy atom. The van der Waals surface area contributed by atoms with E-state index in [1.165, 1.54) is 4.88 Å². The van der Waals surface area contributed by atoms with Crippen LogP contribution in [0.4, 0.5) is 0 Å². The number of thiazole rings is 1. The van der Waals surface area contributed by atoms with E-state index >= 15 is 0 Å². The molecule has 0 bridgehead atoms. The highest BCUT2D eigenvalue weighted by Crippen LogP contribution is 2.12. The molecule has 5 heteroatoms. The van der Waals surface area contributed by atoms with Crippen LogP contribution < -0.4 is 5.32 Å². The molecule has 0 amide bonds. The lowest BCUT2D eigenvalue weighted by Gasteiger charge is -2.15. The first-order chi connectivity index (χ1) is 9.17. The average molecular weight is 282 g/mol. The molecule has 0 aliphatic carbocycles. The van der Waals surface area contributed by atoms with Crippen molar-refractivity contribution in [2.75, 3.05) is 19.8 Å². The zero-order valence-electron chi connectivity index (χ0n) is 11.6. The van der Waals surface area contributed by atoms with E-state index in [2.05, 4.69) is 16.2 Å². The van der Waals surface area contributed by atoms with Gasteiger partial charge in [0.2, 0.25) is 0 Å². The Morgan fingerprint density at radius 1 is 1.63 bits per heavy atom. The third-order valence-electron chi connectivity index (χ3n) is 2.84. The highest BCUT2D eigenvalue weighted by atomic mass is 32.1. The van der Waals surface area contributed by atoms with Crippen molar-refractivity contribution in [3.8, 4) is 12.3 Å². The Balaban J connectivity index is 2.09. The van der Waals surface area contributed by atoms with Gasteiger partial charge in [-0.2, -0.15) is 0 Å². The molecule has 2 atom stereocenters. The number of aromatic nitrogens is 1. The van der Waals surface area contributed by atoms with Crippen LogP contribution in [-0.4, -0.2) is 42.0 Å². The molecule has 19 heavy (non-hydrogen) atoms. The molecular formula is C14H22N2O2S. The van der Waals surface area contributed by atoms with Gasteiger partial charge in [-0.05, 0) is 13.3 Å². The van der Waals surface area contributed by atoms with E-state index in [0.717, 1.165) is 18.5 Å².